The number of hydrogen-bond donors (Lipinski definition) is 1. The van der Waals surface area contributed by atoms with Crippen molar-refractivity contribution in [1.29, 1.82) is 0 Å². The van der Waals surface area contributed by atoms with Crippen LogP contribution < -0.4 is 0 Å². The Labute approximate surface area is 86.2 Å². The van der Waals surface area contributed by atoms with Crippen LogP contribution in [-0.2, 0) is 9.53 Å². The van der Waals surface area contributed by atoms with Gasteiger partial charge in [0.2, 0.25) is 0 Å². The lowest BCUT2D eigenvalue weighted by atomic mass is 9.83. The van der Waals surface area contributed by atoms with Crippen LogP contribution >= 0.6 is 0 Å². The average molecular weight is 228 g/mol. The van der Waals surface area contributed by atoms with E-state index >= 15 is 0 Å². The SMILES string of the molecule is CCC(CC)(COCC(F)(F)F)C(=O)O. The monoisotopic (exact) mass is 228 g/mol. The summed E-state index contributed by atoms with van der Waals surface area (Å²) in [6, 6.07) is 0. The highest BCUT2D eigenvalue weighted by Gasteiger charge is 2.37. The Morgan fingerprint density at radius 3 is 1.93 bits per heavy atom. The summed E-state index contributed by atoms with van der Waals surface area (Å²) in [6.07, 6.45) is -3.92. The molecule has 0 aromatic rings. The number of aliphatic carboxylic acids is 1. The summed E-state index contributed by atoms with van der Waals surface area (Å²) in [5.74, 6) is -1.12. The summed E-state index contributed by atoms with van der Waals surface area (Å²) in [7, 11) is 0. The molecular formula is C9H15F3O3. The van der Waals surface area contributed by atoms with Crippen LogP contribution in [0.3, 0.4) is 0 Å². The second-order valence-electron chi connectivity index (χ2n) is 3.40. The molecule has 0 radical (unpaired) electrons. The lowest BCUT2D eigenvalue weighted by Gasteiger charge is -2.26. The highest BCUT2D eigenvalue weighted by Crippen LogP contribution is 2.28. The van der Waals surface area contributed by atoms with Gasteiger partial charge in [-0.05, 0) is 12.8 Å². The van der Waals surface area contributed by atoms with Crippen molar-refractivity contribution in [3.63, 3.8) is 0 Å². The van der Waals surface area contributed by atoms with E-state index in [1.807, 2.05) is 0 Å². The number of carbonyl (C=O) groups is 1. The van der Waals surface area contributed by atoms with E-state index in [1.165, 1.54) is 0 Å². The minimum absolute atomic E-state index is 0.247. The van der Waals surface area contributed by atoms with Crippen LogP contribution in [0, 0.1) is 5.41 Å². The number of halogens is 3. The topological polar surface area (TPSA) is 46.5 Å². The molecule has 0 rings (SSSR count). The van der Waals surface area contributed by atoms with E-state index in [9.17, 15) is 18.0 Å². The first-order valence-corrected chi connectivity index (χ1v) is 4.65. The van der Waals surface area contributed by atoms with Gasteiger partial charge in [0, 0.05) is 0 Å². The van der Waals surface area contributed by atoms with Crippen molar-refractivity contribution in [2.45, 2.75) is 32.9 Å². The third-order valence-electron chi connectivity index (χ3n) is 2.45. The average Bonchev–Trinajstić information content (AvgIpc) is 2.10. The minimum atomic E-state index is -4.41. The Morgan fingerprint density at radius 2 is 1.67 bits per heavy atom. The van der Waals surface area contributed by atoms with E-state index in [2.05, 4.69) is 4.74 Å². The van der Waals surface area contributed by atoms with Crippen LogP contribution in [0.1, 0.15) is 26.7 Å². The third kappa shape index (κ3) is 4.51. The summed E-state index contributed by atoms with van der Waals surface area (Å²) in [5, 5.41) is 8.89. The molecule has 0 aliphatic heterocycles. The maximum atomic E-state index is 11.8. The molecule has 0 fully saturated rings. The van der Waals surface area contributed by atoms with Gasteiger partial charge < -0.3 is 9.84 Å². The number of rotatable bonds is 6. The van der Waals surface area contributed by atoms with Gasteiger partial charge in [0.15, 0.2) is 0 Å². The zero-order chi connectivity index (χ0) is 12.1. The van der Waals surface area contributed by atoms with Crippen molar-refractivity contribution in [3.8, 4) is 0 Å². The van der Waals surface area contributed by atoms with E-state index in [4.69, 9.17) is 5.11 Å². The number of carboxylic acids is 1. The lowest BCUT2D eigenvalue weighted by molar-refractivity contribution is -0.187. The van der Waals surface area contributed by atoms with Gasteiger partial charge in [-0.15, -0.1) is 0 Å². The van der Waals surface area contributed by atoms with Crippen LogP contribution in [-0.4, -0.2) is 30.5 Å². The zero-order valence-corrected chi connectivity index (χ0v) is 8.73. The molecular weight excluding hydrogens is 213 g/mol. The fraction of sp³-hybridized carbons (Fsp3) is 0.889. The van der Waals surface area contributed by atoms with Gasteiger partial charge in [0.1, 0.15) is 6.61 Å². The summed E-state index contributed by atoms with van der Waals surface area (Å²) in [6.45, 7) is 1.43. The van der Waals surface area contributed by atoms with Gasteiger partial charge in [-0.25, -0.2) is 0 Å². The van der Waals surface area contributed by atoms with Crippen LogP contribution in [0.5, 0.6) is 0 Å². The van der Waals surface area contributed by atoms with Gasteiger partial charge in [0.25, 0.3) is 0 Å². The zero-order valence-electron chi connectivity index (χ0n) is 8.73. The molecule has 6 heteroatoms. The van der Waals surface area contributed by atoms with Gasteiger partial charge >= 0.3 is 12.1 Å². The van der Waals surface area contributed by atoms with E-state index < -0.39 is 30.8 Å². The predicted molar refractivity (Wildman–Crippen MR) is 47.5 cm³/mol. The normalized spacial score (nSPS) is 12.9. The molecule has 0 saturated carbocycles. The van der Waals surface area contributed by atoms with Crippen molar-refractivity contribution in [2.75, 3.05) is 13.2 Å². The van der Waals surface area contributed by atoms with Gasteiger partial charge in [-0.3, -0.25) is 4.79 Å². The van der Waals surface area contributed by atoms with Crippen molar-refractivity contribution < 1.29 is 27.8 Å². The molecule has 0 aromatic heterocycles. The molecule has 3 nitrogen and oxygen atoms in total. The molecule has 0 atom stereocenters. The predicted octanol–water partition coefficient (Wildman–Crippen LogP) is 2.46. The first-order valence-electron chi connectivity index (χ1n) is 4.65. The van der Waals surface area contributed by atoms with Crippen molar-refractivity contribution in [1.82, 2.24) is 0 Å². The largest absolute Gasteiger partial charge is 0.481 e. The molecule has 0 spiro atoms. The van der Waals surface area contributed by atoms with Crippen LogP contribution in [0.2, 0.25) is 0 Å². The number of hydrogen-bond acceptors (Lipinski definition) is 2. The van der Waals surface area contributed by atoms with Crippen molar-refractivity contribution in [2.24, 2.45) is 5.41 Å². The number of alkyl halides is 3. The molecule has 0 amide bonds. The molecule has 0 bridgehead atoms. The molecule has 15 heavy (non-hydrogen) atoms. The summed E-state index contributed by atoms with van der Waals surface area (Å²) in [4.78, 5) is 10.9. The molecule has 1 N–H and O–H groups in total. The maximum absolute atomic E-state index is 11.8. The summed E-state index contributed by atoms with van der Waals surface area (Å²) < 4.78 is 39.7. The van der Waals surface area contributed by atoms with E-state index in [0.29, 0.717) is 0 Å². The highest BCUT2D eigenvalue weighted by atomic mass is 19.4. The summed E-state index contributed by atoms with van der Waals surface area (Å²) in [5.41, 5.74) is -1.20. The Balaban J connectivity index is 4.26. The fourth-order valence-electron chi connectivity index (χ4n) is 1.18. The van der Waals surface area contributed by atoms with E-state index in [-0.39, 0.29) is 12.8 Å². The molecule has 0 aliphatic carbocycles. The Hall–Kier alpha value is -0.780. The molecule has 0 unspecified atom stereocenters. The Kier molecular flexibility index (Phi) is 5.07. The standard InChI is InChI=1S/C9H15F3O3/c1-3-8(4-2,7(13)14)5-15-6-9(10,11)12/h3-6H2,1-2H3,(H,13,14). The molecule has 0 aliphatic rings. The maximum Gasteiger partial charge on any atom is 0.411 e. The Morgan fingerprint density at radius 1 is 1.20 bits per heavy atom. The molecule has 0 saturated heterocycles. The van der Waals surface area contributed by atoms with Gasteiger partial charge in [0.05, 0.1) is 12.0 Å². The van der Waals surface area contributed by atoms with E-state index in [0.717, 1.165) is 0 Å². The van der Waals surface area contributed by atoms with Crippen LogP contribution in [0.15, 0.2) is 0 Å². The van der Waals surface area contributed by atoms with Gasteiger partial charge in [-0.1, -0.05) is 13.8 Å². The fourth-order valence-corrected chi connectivity index (χ4v) is 1.18. The lowest BCUT2D eigenvalue weighted by Crippen LogP contribution is -2.36. The third-order valence-corrected chi connectivity index (χ3v) is 2.45. The van der Waals surface area contributed by atoms with E-state index in [1.54, 1.807) is 13.8 Å². The smallest absolute Gasteiger partial charge is 0.411 e. The first kappa shape index (κ1) is 14.2. The van der Waals surface area contributed by atoms with Gasteiger partial charge in [-0.2, -0.15) is 13.2 Å². The molecule has 0 heterocycles. The van der Waals surface area contributed by atoms with Crippen molar-refractivity contribution >= 4 is 5.97 Å². The van der Waals surface area contributed by atoms with Crippen molar-refractivity contribution in [3.05, 3.63) is 0 Å². The second-order valence-corrected chi connectivity index (χ2v) is 3.40. The second kappa shape index (κ2) is 5.34. The quantitative estimate of drug-likeness (QED) is 0.759. The summed E-state index contributed by atoms with van der Waals surface area (Å²) >= 11 is 0. The molecule has 90 valence electrons. The highest BCUT2D eigenvalue weighted by molar-refractivity contribution is 5.74. The van der Waals surface area contributed by atoms with Crippen LogP contribution in [0.4, 0.5) is 13.2 Å². The molecule has 0 aromatic carbocycles. The number of ether oxygens (including phenoxy) is 1. The number of carboxylic acid groups (broad SMARTS) is 1. The van der Waals surface area contributed by atoms with Crippen LogP contribution in [0.25, 0.3) is 0 Å². The first-order chi connectivity index (χ1) is 6.77. The minimum Gasteiger partial charge on any atom is -0.481 e. The Bertz CT molecular complexity index is 209.